The minimum atomic E-state index is -0.465. The lowest BCUT2D eigenvalue weighted by molar-refractivity contribution is -0.118. The van der Waals surface area contributed by atoms with Gasteiger partial charge in [-0.1, -0.05) is 0 Å². The minimum Gasteiger partial charge on any atom is -0.294 e. The third-order valence-corrected chi connectivity index (χ3v) is 1.62. The Balaban J connectivity index is 2.48. The van der Waals surface area contributed by atoms with E-state index in [1.54, 1.807) is 12.1 Å². The number of carbonyl (C=O) groups excluding carboxylic acids is 2. The summed E-state index contributed by atoms with van der Waals surface area (Å²) in [6.07, 6.45) is 4.28. The molecule has 0 fully saturated rings. The lowest BCUT2D eigenvalue weighted by atomic mass is 10.1. The summed E-state index contributed by atoms with van der Waals surface area (Å²) in [6, 6.07) is 3.19. The van der Waals surface area contributed by atoms with Crippen LogP contribution in [0.4, 0.5) is 0 Å². The zero-order valence-corrected chi connectivity index (χ0v) is 7.43. The first-order valence-corrected chi connectivity index (χ1v) is 4.01. The predicted molar refractivity (Wildman–Crippen MR) is 49.8 cm³/mol. The molecule has 1 amide bonds. The fourth-order valence-corrected chi connectivity index (χ4v) is 0.900. The zero-order valence-electron chi connectivity index (χ0n) is 7.43. The van der Waals surface area contributed by atoms with Gasteiger partial charge in [-0.05, 0) is 12.1 Å². The van der Waals surface area contributed by atoms with E-state index in [0.29, 0.717) is 5.56 Å². The third kappa shape index (κ3) is 2.95. The molecule has 0 unspecified atom stereocenters. The Morgan fingerprint density at radius 2 is 2.07 bits per heavy atom. The second-order valence-corrected chi connectivity index (χ2v) is 2.58. The van der Waals surface area contributed by atoms with Gasteiger partial charge in [0.1, 0.15) is 0 Å². The fourth-order valence-electron chi connectivity index (χ4n) is 0.900. The normalized spacial score (nSPS) is 9.50. The molecular weight excluding hydrogens is 182 g/mol. The molecule has 1 aromatic heterocycles. The second-order valence-electron chi connectivity index (χ2n) is 2.58. The molecule has 0 atom stereocenters. The molecule has 5 heteroatoms. The fraction of sp³-hybridized carbons (Fsp3) is 0.111. The summed E-state index contributed by atoms with van der Waals surface area (Å²) < 4.78 is 0. The van der Waals surface area contributed by atoms with E-state index in [4.69, 9.17) is 5.84 Å². The topological polar surface area (TPSA) is 85.1 Å². The molecule has 0 saturated heterocycles. The molecule has 1 aromatic rings. The first-order chi connectivity index (χ1) is 6.74. The molecule has 0 spiro atoms. The molecule has 1 radical (unpaired) electrons. The lowest BCUT2D eigenvalue weighted by Crippen LogP contribution is -2.30. The smallest absolute Gasteiger partial charge is 0.238 e. The molecule has 14 heavy (non-hydrogen) atoms. The summed E-state index contributed by atoms with van der Waals surface area (Å²) >= 11 is 0. The van der Waals surface area contributed by atoms with Gasteiger partial charge < -0.3 is 0 Å². The largest absolute Gasteiger partial charge is 0.294 e. The van der Waals surface area contributed by atoms with Gasteiger partial charge in [-0.3, -0.25) is 20.0 Å². The maximum absolute atomic E-state index is 11.4. The average Bonchev–Trinajstić information content (AvgIpc) is 2.26. The summed E-state index contributed by atoms with van der Waals surface area (Å²) in [4.78, 5) is 25.9. The number of hydrogen-bond acceptors (Lipinski definition) is 4. The lowest BCUT2D eigenvalue weighted by Gasteiger charge is -1.99. The van der Waals surface area contributed by atoms with E-state index in [9.17, 15) is 9.59 Å². The highest BCUT2D eigenvalue weighted by Crippen LogP contribution is 2.02. The maximum Gasteiger partial charge on any atom is 0.238 e. The van der Waals surface area contributed by atoms with E-state index in [2.05, 4.69) is 4.98 Å². The summed E-state index contributed by atoms with van der Waals surface area (Å²) in [5.41, 5.74) is 2.44. The number of hydrazine groups is 1. The summed E-state index contributed by atoms with van der Waals surface area (Å²) in [7, 11) is 0. The molecule has 0 bridgehead atoms. The van der Waals surface area contributed by atoms with Crippen molar-refractivity contribution in [2.24, 2.45) is 5.84 Å². The molecule has 0 aromatic carbocycles. The maximum atomic E-state index is 11.4. The van der Waals surface area contributed by atoms with Gasteiger partial charge in [-0.2, -0.15) is 0 Å². The molecule has 5 nitrogen and oxygen atoms in total. The van der Waals surface area contributed by atoms with Crippen LogP contribution in [0.3, 0.4) is 0 Å². The summed E-state index contributed by atoms with van der Waals surface area (Å²) in [5, 5.41) is 0. The van der Waals surface area contributed by atoms with Crippen LogP contribution in [-0.2, 0) is 4.79 Å². The predicted octanol–water partition coefficient (Wildman–Crippen LogP) is -0.151. The van der Waals surface area contributed by atoms with Gasteiger partial charge in [0, 0.05) is 24.4 Å². The monoisotopic (exact) mass is 192 g/mol. The van der Waals surface area contributed by atoms with E-state index in [-0.39, 0.29) is 12.2 Å². The SMILES string of the molecule is NNC(=O)[CH]CC(=O)c1ccncc1. The zero-order chi connectivity index (χ0) is 10.4. The number of aromatic nitrogens is 1. The number of Topliss-reactive ketones (excluding diaryl/α,β-unsaturated/α-hetero) is 1. The highest BCUT2D eigenvalue weighted by Gasteiger charge is 2.07. The van der Waals surface area contributed by atoms with Crippen molar-refractivity contribution in [1.29, 1.82) is 0 Å². The van der Waals surface area contributed by atoms with Crippen LogP contribution in [0, 0.1) is 6.42 Å². The number of amides is 1. The van der Waals surface area contributed by atoms with E-state index in [0.717, 1.165) is 0 Å². The highest BCUT2D eigenvalue weighted by molar-refractivity contribution is 6.00. The van der Waals surface area contributed by atoms with E-state index < -0.39 is 5.91 Å². The molecule has 3 N–H and O–H groups in total. The van der Waals surface area contributed by atoms with Crippen molar-refractivity contribution >= 4 is 11.7 Å². The Kier molecular flexibility index (Phi) is 3.75. The standard InChI is InChI=1S/C9H10N3O2/c10-12-9(14)2-1-8(13)7-3-5-11-6-4-7/h2-6H,1,10H2,(H,12,14). The third-order valence-electron chi connectivity index (χ3n) is 1.62. The molecule has 1 heterocycles. The number of nitrogens with two attached hydrogens (primary N) is 1. The Hall–Kier alpha value is -1.75. The minimum absolute atomic E-state index is 0.0348. The Morgan fingerprint density at radius 1 is 1.43 bits per heavy atom. The Bertz CT molecular complexity index is 324. The van der Waals surface area contributed by atoms with Gasteiger partial charge in [0.15, 0.2) is 5.78 Å². The van der Waals surface area contributed by atoms with Gasteiger partial charge in [0.2, 0.25) is 5.91 Å². The molecule has 0 saturated carbocycles. The van der Waals surface area contributed by atoms with Crippen molar-refractivity contribution in [2.75, 3.05) is 0 Å². The molecule has 0 aliphatic rings. The Morgan fingerprint density at radius 3 is 2.64 bits per heavy atom. The quantitative estimate of drug-likeness (QED) is 0.300. The van der Waals surface area contributed by atoms with Crippen molar-refractivity contribution < 1.29 is 9.59 Å². The highest BCUT2D eigenvalue weighted by atomic mass is 16.2. The Labute approximate surface area is 81.3 Å². The number of pyridine rings is 1. The van der Waals surface area contributed by atoms with E-state index in [1.807, 2.05) is 5.43 Å². The molecule has 0 aliphatic heterocycles. The van der Waals surface area contributed by atoms with Crippen molar-refractivity contribution in [3.8, 4) is 0 Å². The first-order valence-electron chi connectivity index (χ1n) is 4.01. The average molecular weight is 192 g/mol. The van der Waals surface area contributed by atoms with Gasteiger partial charge in [0.25, 0.3) is 0 Å². The second kappa shape index (κ2) is 5.08. The van der Waals surface area contributed by atoms with Crippen LogP contribution < -0.4 is 11.3 Å². The van der Waals surface area contributed by atoms with Crippen molar-refractivity contribution in [1.82, 2.24) is 10.4 Å². The molecule has 1 rings (SSSR count). The van der Waals surface area contributed by atoms with Crippen molar-refractivity contribution in [3.63, 3.8) is 0 Å². The van der Waals surface area contributed by atoms with Gasteiger partial charge in [-0.15, -0.1) is 0 Å². The number of hydrogen-bond donors (Lipinski definition) is 2. The van der Waals surface area contributed by atoms with Gasteiger partial charge in [0.05, 0.1) is 6.42 Å². The number of nitrogens with one attached hydrogen (secondary N) is 1. The van der Waals surface area contributed by atoms with E-state index in [1.165, 1.54) is 18.8 Å². The first kappa shape index (κ1) is 10.3. The van der Waals surface area contributed by atoms with Crippen LogP contribution in [0.5, 0.6) is 0 Å². The van der Waals surface area contributed by atoms with Gasteiger partial charge >= 0.3 is 0 Å². The number of carbonyl (C=O) groups is 2. The summed E-state index contributed by atoms with van der Waals surface area (Å²) in [6.45, 7) is 0. The van der Waals surface area contributed by atoms with Crippen molar-refractivity contribution in [2.45, 2.75) is 6.42 Å². The van der Waals surface area contributed by atoms with Crippen LogP contribution in [0.2, 0.25) is 0 Å². The van der Waals surface area contributed by atoms with Crippen LogP contribution in [0.25, 0.3) is 0 Å². The van der Waals surface area contributed by atoms with Crippen LogP contribution in [0.15, 0.2) is 24.5 Å². The van der Waals surface area contributed by atoms with Crippen LogP contribution in [-0.4, -0.2) is 16.7 Å². The number of rotatable bonds is 4. The molecule has 0 aliphatic carbocycles. The summed E-state index contributed by atoms with van der Waals surface area (Å²) in [5.74, 6) is 4.24. The van der Waals surface area contributed by atoms with E-state index >= 15 is 0 Å². The molecule has 73 valence electrons. The molecular formula is C9H10N3O2. The van der Waals surface area contributed by atoms with Crippen LogP contribution in [0.1, 0.15) is 16.8 Å². The van der Waals surface area contributed by atoms with Crippen molar-refractivity contribution in [3.05, 3.63) is 36.5 Å². The number of ketones is 1. The van der Waals surface area contributed by atoms with Gasteiger partial charge in [-0.25, -0.2) is 5.84 Å². The van der Waals surface area contributed by atoms with Crippen LogP contribution >= 0.6 is 0 Å². The number of nitrogens with zero attached hydrogens (tertiary/aromatic N) is 1.